The molecule has 2 heterocycles. The molecule has 0 bridgehead atoms. The Bertz CT molecular complexity index is 589. The highest BCUT2D eigenvalue weighted by Crippen LogP contribution is 2.27. The van der Waals surface area contributed by atoms with Gasteiger partial charge in [-0.1, -0.05) is 6.07 Å². The Kier molecular flexibility index (Phi) is 4.04. The molecular formula is C10H10BrNO2S3. The average Bonchev–Trinajstić information content (AvgIpc) is 2.86. The normalized spacial score (nSPS) is 13.8. The molecule has 2 aromatic heterocycles. The van der Waals surface area contributed by atoms with Crippen molar-refractivity contribution >= 4 is 48.6 Å². The lowest BCUT2D eigenvalue weighted by Gasteiger charge is -2.11. The molecule has 1 N–H and O–H groups in total. The average molecular weight is 352 g/mol. The van der Waals surface area contributed by atoms with Crippen LogP contribution in [0.15, 0.2) is 37.6 Å². The molecule has 0 aliphatic heterocycles. The van der Waals surface area contributed by atoms with E-state index in [9.17, 15) is 8.42 Å². The third kappa shape index (κ3) is 3.17. The minimum absolute atomic E-state index is 0.208. The zero-order valence-electron chi connectivity index (χ0n) is 8.88. The van der Waals surface area contributed by atoms with Crippen molar-refractivity contribution in [1.82, 2.24) is 4.72 Å². The molecule has 92 valence electrons. The van der Waals surface area contributed by atoms with Gasteiger partial charge in [0.1, 0.15) is 4.21 Å². The van der Waals surface area contributed by atoms with E-state index in [4.69, 9.17) is 0 Å². The van der Waals surface area contributed by atoms with E-state index in [0.717, 1.165) is 8.66 Å². The summed E-state index contributed by atoms with van der Waals surface area (Å²) < 4.78 is 27.9. The number of rotatable bonds is 4. The van der Waals surface area contributed by atoms with Crippen LogP contribution in [0.4, 0.5) is 0 Å². The molecule has 0 saturated carbocycles. The molecule has 2 aromatic rings. The fourth-order valence-corrected chi connectivity index (χ4v) is 5.39. The van der Waals surface area contributed by atoms with Crippen LogP contribution in [0.5, 0.6) is 0 Å². The molecule has 0 aliphatic rings. The van der Waals surface area contributed by atoms with E-state index in [1.165, 1.54) is 22.7 Å². The summed E-state index contributed by atoms with van der Waals surface area (Å²) in [5.41, 5.74) is 0. The van der Waals surface area contributed by atoms with Gasteiger partial charge in [-0.05, 0) is 46.4 Å². The van der Waals surface area contributed by atoms with Crippen molar-refractivity contribution in [1.29, 1.82) is 0 Å². The maximum Gasteiger partial charge on any atom is 0.250 e. The number of hydrogen-bond acceptors (Lipinski definition) is 4. The second-order valence-electron chi connectivity index (χ2n) is 3.42. The summed E-state index contributed by atoms with van der Waals surface area (Å²) in [6, 6.07) is 6.95. The van der Waals surface area contributed by atoms with E-state index >= 15 is 0 Å². The van der Waals surface area contributed by atoms with Crippen molar-refractivity contribution in [2.75, 3.05) is 0 Å². The third-order valence-electron chi connectivity index (χ3n) is 2.12. The molecular weight excluding hydrogens is 342 g/mol. The molecule has 0 saturated heterocycles. The Morgan fingerprint density at radius 2 is 2.12 bits per heavy atom. The number of thiophene rings is 2. The van der Waals surface area contributed by atoms with Gasteiger partial charge in [-0.3, -0.25) is 0 Å². The van der Waals surface area contributed by atoms with E-state index in [1.54, 1.807) is 12.1 Å². The van der Waals surface area contributed by atoms with Crippen molar-refractivity contribution < 1.29 is 8.42 Å². The topological polar surface area (TPSA) is 46.2 Å². The molecule has 17 heavy (non-hydrogen) atoms. The van der Waals surface area contributed by atoms with E-state index in [0.29, 0.717) is 4.21 Å². The van der Waals surface area contributed by atoms with E-state index < -0.39 is 10.0 Å². The van der Waals surface area contributed by atoms with Crippen LogP contribution in [-0.4, -0.2) is 8.42 Å². The molecule has 0 aliphatic carbocycles. The quantitative estimate of drug-likeness (QED) is 0.914. The van der Waals surface area contributed by atoms with Crippen molar-refractivity contribution in [2.24, 2.45) is 0 Å². The van der Waals surface area contributed by atoms with Gasteiger partial charge in [0.2, 0.25) is 0 Å². The predicted octanol–water partition coefficient (Wildman–Crippen LogP) is 3.61. The van der Waals surface area contributed by atoms with Crippen LogP contribution in [0.3, 0.4) is 0 Å². The first kappa shape index (κ1) is 13.2. The van der Waals surface area contributed by atoms with E-state index in [2.05, 4.69) is 20.7 Å². The number of halogens is 1. The summed E-state index contributed by atoms with van der Waals surface area (Å²) >= 11 is 6.00. The smallest absolute Gasteiger partial charge is 0.206 e. The van der Waals surface area contributed by atoms with Gasteiger partial charge in [-0.15, -0.1) is 22.7 Å². The Morgan fingerprint density at radius 3 is 2.65 bits per heavy atom. The van der Waals surface area contributed by atoms with Crippen molar-refractivity contribution in [3.63, 3.8) is 0 Å². The summed E-state index contributed by atoms with van der Waals surface area (Å²) in [6.45, 7) is 1.84. The van der Waals surface area contributed by atoms with Crippen molar-refractivity contribution in [3.8, 4) is 0 Å². The number of hydrogen-bond donors (Lipinski definition) is 1. The fraction of sp³-hybridized carbons (Fsp3) is 0.200. The maximum absolute atomic E-state index is 12.0. The molecule has 2 rings (SSSR count). The summed E-state index contributed by atoms with van der Waals surface area (Å²) in [5, 5.41) is 1.93. The summed E-state index contributed by atoms with van der Waals surface area (Å²) in [5.74, 6) is 0. The minimum atomic E-state index is -3.42. The molecule has 0 fully saturated rings. The molecule has 0 aromatic carbocycles. The Hall–Kier alpha value is -0.210. The summed E-state index contributed by atoms with van der Waals surface area (Å²) in [6.07, 6.45) is 0. The monoisotopic (exact) mass is 351 g/mol. The maximum atomic E-state index is 12.0. The Labute approximate surface area is 117 Å². The largest absolute Gasteiger partial charge is 0.250 e. The molecule has 7 heteroatoms. The standard InChI is InChI=1S/C10H10BrNO2S3/c1-7(8-3-2-6-15-8)12-17(13,14)10-5-4-9(11)16-10/h2-7,12H,1H3. The van der Waals surface area contributed by atoms with Crippen molar-refractivity contribution in [2.45, 2.75) is 17.2 Å². The van der Waals surface area contributed by atoms with Crippen LogP contribution in [0, 0.1) is 0 Å². The first-order chi connectivity index (χ1) is 7.99. The van der Waals surface area contributed by atoms with Gasteiger partial charge in [0.15, 0.2) is 0 Å². The van der Waals surface area contributed by atoms with Gasteiger partial charge < -0.3 is 0 Å². The minimum Gasteiger partial charge on any atom is -0.206 e. The first-order valence-electron chi connectivity index (χ1n) is 4.80. The Balaban J connectivity index is 2.18. The lowest BCUT2D eigenvalue weighted by molar-refractivity contribution is 0.570. The van der Waals surface area contributed by atoms with Gasteiger partial charge in [0.25, 0.3) is 10.0 Å². The van der Waals surface area contributed by atoms with Crippen LogP contribution >= 0.6 is 38.6 Å². The SMILES string of the molecule is CC(NS(=O)(=O)c1ccc(Br)s1)c1cccs1. The van der Waals surface area contributed by atoms with Crippen LogP contribution in [0.2, 0.25) is 0 Å². The van der Waals surface area contributed by atoms with Gasteiger partial charge in [-0.25, -0.2) is 13.1 Å². The predicted molar refractivity (Wildman–Crippen MR) is 75.1 cm³/mol. The lowest BCUT2D eigenvalue weighted by atomic mass is 10.3. The summed E-state index contributed by atoms with van der Waals surface area (Å²) in [4.78, 5) is 1.00. The second-order valence-corrected chi connectivity index (χ2v) is 8.80. The van der Waals surface area contributed by atoms with Crippen molar-refractivity contribution in [3.05, 3.63) is 38.3 Å². The van der Waals surface area contributed by atoms with E-state index in [1.807, 2.05) is 24.4 Å². The highest BCUT2D eigenvalue weighted by atomic mass is 79.9. The highest BCUT2D eigenvalue weighted by molar-refractivity contribution is 9.11. The highest BCUT2D eigenvalue weighted by Gasteiger charge is 2.20. The van der Waals surface area contributed by atoms with Crippen LogP contribution < -0.4 is 4.72 Å². The zero-order chi connectivity index (χ0) is 12.5. The van der Waals surface area contributed by atoms with Gasteiger partial charge in [-0.2, -0.15) is 0 Å². The van der Waals surface area contributed by atoms with Gasteiger partial charge in [0, 0.05) is 4.88 Å². The van der Waals surface area contributed by atoms with Gasteiger partial charge in [0.05, 0.1) is 9.83 Å². The first-order valence-corrected chi connectivity index (χ1v) is 8.77. The Morgan fingerprint density at radius 1 is 1.35 bits per heavy atom. The van der Waals surface area contributed by atoms with E-state index in [-0.39, 0.29) is 6.04 Å². The fourth-order valence-electron chi connectivity index (χ4n) is 1.33. The number of nitrogens with one attached hydrogen (secondary N) is 1. The molecule has 1 atom stereocenters. The molecule has 0 spiro atoms. The van der Waals surface area contributed by atoms with Gasteiger partial charge >= 0.3 is 0 Å². The third-order valence-corrected chi connectivity index (χ3v) is 6.83. The number of sulfonamides is 1. The molecule has 1 unspecified atom stereocenters. The second kappa shape index (κ2) is 5.19. The van der Waals surface area contributed by atoms with Crippen LogP contribution in [0.1, 0.15) is 17.8 Å². The van der Waals surface area contributed by atoms with Crippen LogP contribution in [-0.2, 0) is 10.0 Å². The summed E-state index contributed by atoms with van der Waals surface area (Å²) in [7, 11) is -3.42. The zero-order valence-corrected chi connectivity index (χ0v) is 12.9. The lowest BCUT2D eigenvalue weighted by Crippen LogP contribution is -2.25. The van der Waals surface area contributed by atoms with Crippen LogP contribution in [0.25, 0.3) is 0 Å². The molecule has 0 amide bonds. The molecule has 3 nitrogen and oxygen atoms in total. The molecule has 0 radical (unpaired) electrons.